The second-order valence-electron chi connectivity index (χ2n) is 3.11. The van der Waals surface area contributed by atoms with Gasteiger partial charge in [0.1, 0.15) is 0 Å². The first-order valence-corrected chi connectivity index (χ1v) is 8.17. The molecule has 1 aromatic rings. The molecule has 0 aliphatic carbocycles. The van der Waals surface area contributed by atoms with Gasteiger partial charge >= 0.3 is 5.97 Å². The van der Waals surface area contributed by atoms with Crippen LogP contribution in [-0.2, 0) is 23.8 Å². The Hall–Kier alpha value is -0.440. The van der Waals surface area contributed by atoms with E-state index in [2.05, 4.69) is 15.9 Å². The molecule has 1 unspecified atom stereocenters. The topological polar surface area (TPSA) is 69.7 Å². The average molecular weight is 343 g/mol. The molecule has 5 nitrogen and oxygen atoms in total. The summed E-state index contributed by atoms with van der Waals surface area (Å²) in [6.45, 7) is 1.79. The number of hydrogen-bond acceptors (Lipinski definition) is 6. The first kappa shape index (κ1) is 14.6. The highest BCUT2D eigenvalue weighted by Gasteiger charge is 2.29. The molecule has 1 rings (SSSR count). The number of thiophene rings is 1. The Bertz CT molecular complexity index is 493. The minimum absolute atomic E-state index is 0.157. The predicted molar refractivity (Wildman–Crippen MR) is 67.3 cm³/mol. The van der Waals surface area contributed by atoms with Gasteiger partial charge in [0.15, 0.2) is 0 Å². The predicted octanol–water partition coefficient (Wildman–Crippen LogP) is 2.09. The smallest absolute Gasteiger partial charge is 0.341 e. The van der Waals surface area contributed by atoms with Gasteiger partial charge in [-0.15, -0.1) is 0 Å². The molecule has 0 aliphatic rings. The zero-order valence-corrected chi connectivity index (χ0v) is 12.4. The largest absolute Gasteiger partial charge is 0.464 e. The summed E-state index contributed by atoms with van der Waals surface area (Å²) in [6.07, 6.45) is -0.370. The first-order chi connectivity index (χ1) is 7.85. The molecule has 0 amide bonds. The van der Waals surface area contributed by atoms with Gasteiger partial charge in [-0.3, -0.25) is 0 Å². The number of carbonyl (C=O) groups is 1. The van der Waals surface area contributed by atoms with Crippen LogP contribution in [0.2, 0.25) is 0 Å². The molecule has 0 spiro atoms. The number of esters is 1. The fraction of sp³-hybridized carbons (Fsp3) is 0.444. The molecule has 0 N–H and O–H groups in total. The van der Waals surface area contributed by atoms with Crippen LogP contribution in [0.4, 0.5) is 0 Å². The SMILES string of the molecule is CCOC(=O)C(OS(C)(=O)=O)c1cscc1Br. The summed E-state index contributed by atoms with van der Waals surface area (Å²) in [5.41, 5.74) is 0.443. The maximum atomic E-state index is 11.6. The highest BCUT2D eigenvalue weighted by atomic mass is 79.9. The van der Waals surface area contributed by atoms with E-state index in [4.69, 9.17) is 8.92 Å². The Morgan fingerprint density at radius 1 is 1.53 bits per heavy atom. The van der Waals surface area contributed by atoms with Crippen LogP contribution in [0.25, 0.3) is 0 Å². The van der Waals surface area contributed by atoms with Gasteiger partial charge in [-0.25, -0.2) is 8.98 Å². The van der Waals surface area contributed by atoms with E-state index >= 15 is 0 Å². The Labute approximate surface area is 112 Å². The van der Waals surface area contributed by atoms with Crippen LogP contribution >= 0.6 is 27.3 Å². The third kappa shape index (κ3) is 4.38. The molecule has 1 heterocycles. The highest BCUT2D eigenvalue weighted by Crippen LogP contribution is 2.31. The van der Waals surface area contributed by atoms with Crippen molar-refractivity contribution in [2.75, 3.05) is 12.9 Å². The summed E-state index contributed by atoms with van der Waals surface area (Å²) in [6, 6.07) is 0. The van der Waals surface area contributed by atoms with Crippen LogP contribution in [0.1, 0.15) is 18.6 Å². The monoisotopic (exact) mass is 342 g/mol. The van der Waals surface area contributed by atoms with E-state index in [-0.39, 0.29) is 6.61 Å². The van der Waals surface area contributed by atoms with Crippen molar-refractivity contribution in [1.29, 1.82) is 0 Å². The fourth-order valence-electron chi connectivity index (χ4n) is 1.09. The Morgan fingerprint density at radius 2 is 2.18 bits per heavy atom. The zero-order valence-electron chi connectivity index (χ0n) is 9.17. The number of carbonyl (C=O) groups excluding carboxylic acids is 1. The van der Waals surface area contributed by atoms with Crippen molar-refractivity contribution >= 4 is 43.4 Å². The van der Waals surface area contributed by atoms with Crippen molar-refractivity contribution in [1.82, 2.24) is 0 Å². The van der Waals surface area contributed by atoms with E-state index in [0.717, 1.165) is 6.26 Å². The van der Waals surface area contributed by atoms with Crippen molar-refractivity contribution in [3.63, 3.8) is 0 Å². The van der Waals surface area contributed by atoms with Crippen molar-refractivity contribution in [3.05, 3.63) is 20.8 Å². The van der Waals surface area contributed by atoms with Gasteiger partial charge in [0.05, 0.1) is 12.9 Å². The lowest BCUT2D eigenvalue weighted by Gasteiger charge is -2.14. The van der Waals surface area contributed by atoms with Crippen LogP contribution in [0.5, 0.6) is 0 Å². The van der Waals surface area contributed by atoms with Crippen LogP contribution in [-0.4, -0.2) is 27.2 Å². The molecule has 0 aromatic carbocycles. The molecular formula is C9H11BrO5S2. The van der Waals surface area contributed by atoms with Crippen LogP contribution in [0.15, 0.2) is 15.2 Å². The first-order valence-electron chi connectivity index (χ1n) is 4.61. The number of halogens is 1. The molecule has 96 valence electrons. The van der Waals surface area contributed by atoms with Crippen molar-refractivity contribution < 1.29 is 22.1 Å². The van der Waals surface area contributed by atoms with Crippen molar-refractivity contribution in [3.8, 4) is 0 Å². The molecule has 0 saturated heterocycles. The third-order valence-corrected chi connectivity index (χ3v) is 3.99. The molecule has 8 heteroatoms. The maximum absolute atomic E-state index is 11.6. The van der Waals surface area contributed by atoms with Gasteiger partial charge in [0.2, 0.25) is 6.10 Å². The lowest BCUT2D eigenvalue weighted by molar-refractivity contribution is -0.151. The van der Waals surface area contributed by atoms with E-state index < -0.39 is 22.2 Å². The number of ether oxygens (including phenoxy) is 1. The fourth-order valence-corrected chi connectivity index (χ4v) is 3.14. The summed E-state index contributed by atoms with van der Waals surface area (Å²) >= 11 is 4.55. The van der Waals surface area contributed by atoms with Gasteiger partial charge in [-0.1, -0.05) is 0 Å². The normalized spacial score (nSPS) is 13.4. The van der Waals surface area contributed by atoms with E-state index in [9.17, 15) is 13.2 Å². The van der Waals surface area contributed by atoms with Gasteiger partial charge in [0.25, 0.3) is 10.1 Å². The van der Waals surface area contributed by atoms with Gasteiger partial charge < -0.3 is 4.74 Å². The summed E-state index contributed by atoms with van der Waals surface area (Å²) < 4.78 is 32.4. The molecular weight excluding hydrogens is 332 g/mol. The van der Waals surface area contributed by atoms with Gasteiger partial charge in [-0.2, -0.15) is 19.8 Å². The third-order valence-electron chi connectivity index (χ3n) is 1.70. The molecule has 0 bridgehead atoms. The van der Waals surface area contributed by atoms with E-state index in [1.165, 1.54) is 11.3 Å². The minimum Gasteiger partial charge on any atom is -0.464 e. The lowest BCUT2D eigenvalue weighted by Crippen LogP contribution is -2.21. The quantitative estimate of drug-likeness (QED) is 0.605. The average Bonchev–Trinajstić information content (AvgIpc) is 2.60. The second kappa shape index (κ2) is 5.94. The Kier molecular flexibility index (Phi) is 5.11. The molecule has 0 aliphatic heterocycles. The summed E-state index contributed by atoms with van der Waals surface area (Å²) in [5.74, 6) is -0.725. The molecule has 1 atom stereocenters. The van der Waals surface area contributed by atoms with Gasteiger partial charge in [-0.05, 0) is 28.2 Å². The molecule has 1 aromatic heterocycles. The minimum atomic E-state index is -3.75. The van der Waals surface area contributed by atoms with Crippen LogP contribution in [0.3, 0.4) is 0 Å². The Morgan fingerprint density at radius 3 is 2.59 bits per heavy atom. The van der Waals surface area contributed by atoms with Crippen molar-refractivity contribution in [2.45, 2.75) is 13.0 Å². The molecule has 0 fully saturated rings. The number of rotatable bonds is 5. The highest BCUT2D eigenvalue weighted by molar-refractivity contribution is 9.10. The van der Waals surface area contributed by atoms with E-state index in [0.29, 0.717) is 10.0 Å². The second-order valence-corrected chi connectivity index (χ2v) is 6.31. The summed E-state index contributed by atoms with van der Waals surface area (Å²) in [4.78, 5) is 11.6. The summed E-state index contributed by atoms with van der Waals surface area (Å²) in [7, 11) is -3.75. The Balaban J connectivity index is 3.03. The standard InChI is InChI=1S/C9H11BrO5S2/c1-3-14-9(11)8(15-17(2,12)13)6-4-16-5-7(6)10/h4-5,8H,3H2,1-2H3. The maximum Gasteiger partial charge on any atom is 0.341 e. The van der Waals surface area contributed by atoms with E-state index in [1.807, 2.05) is 0 Å². The molecule has 0 saturated carbocycles. The molecule has 17 heavy (non-hydrogen) atoms. The van der Waals surface area contributed by atoms with Crippen LogP contribution in [0, 0.1) is 0 Å². The van der Waals surface area contributed by atoms with E-state index in [1.54, 1.807) is 17.7 Å². The number of hydrogen-bond donors (Lipinski definition) is 0. The van der Waals surface area contributed by atoms with Gasteiger partial charge in [0, 0.05) is 15.4 Å². The zero-order chi connectivity index (χ0) is 13.1. The summed E-state index contributed by atoms with van der Waals surface area (Å²) in [5, 5.41) is 3.37. The lowest BCUT2D eigenvalue weighted by atomic mass is 10.2. The molecule has 0 radical (unpaired) electrons. The van der Waals surface area contributed by atoms with Crippen molar-refractivity contribution in [2.24, 2.45) is 0 Å². The van der Waals surface area contributed by atoms with Crippen LogP contribution < -0.4 is 0 Å².